The standard InChI is InChI=1S/C13H18BrNS/c14-13-6-5-12(16-13)7-9-1-2-10(9)8-15-11-3-4-11/h5-6,9-11,15H,1-4,7-8H2. The highest BCUT2D eigenvalue weighted by molar-refractivity contribution is 9.11. The first-order chi connectivity index (χ1) is 7.81. The van der Waals surface area contributed by atoms with Crippen LogP contribution in [0.1, 0.15) is 30.6 Å². The van der Waals surface area contributed by atoms with E-state index in [9.17, 15) is 0 Å². The molecule has 1 heterocycles. The number of halogens is 1. The molecule has 2 aliphatic rings. The summed E-state index contributed by atoms with van der Waals surface area (Å²) in [5.41, 5.74) is 0. The fourth-order valence-corrected chi connectivity index (χ4v) is 4.08. The number of hydrogen-bond donors (Lipinski definition) is 1. The van der Waals surface area contributed by atoms with E-state index in [1.54, 1.807) is 4.88 Å². The van der Waals surface area contributed by atoms with E-state index >= 15 is 0 Å². The lowest BCUT2D eigenvalue weighted by molar-refractivity contribution is 0.171. The highest BCUT2D eigenvalue weighted by Crippen LogP contribution is 2.38. The maximum Gasteiger partial charge on any atom is 0.0701 e. The van der Waals surface area contributed by atoms with Crippen LogP contribution < -0.4 is 5.32 Å². The summed E-state index contributed by atoms with van der Waals surface area (Å²) in [5, 5.41) is 3.67. The van der Waals surface area contributed by atoms with E-state index in [4.69, 9.17) is 0 Å². The molecule has 0 bridgehead atoms. The van der Waals surface area contributed by atoms with Gasteiger partial charge < -0.3 is 5.32 Å². The van der Waals surface area contributed by atoms with E-state index in [1.165, 1.54) is 42.4 Å². The van der Waals surface area contributed by atoms with Crippen molar-refractivity contribution in [3.63, 3.8) is 0 Å². The highest BCUT2D eigenvalue weighted by atomic mass is 79.9. The maximum absolute atomic E-state index is 3.67. The van der Waals surface area contributed by atoms with Crippen molar-refractivity contribution >= 4 is 27.3 Å². The van der Waals surface area contributed by atoms with Crippen LogP contribution in [-0.4, -0.2) is 12.6 Å². The van der Waals surface area contributed by atoms with E-state index in [1.807, 2.05) is 11.3 Å². The van der Waals surface area contributed by atoms with Gasteiger partial charge >= 0.3 is 0 Å². The van der Waals surface area contributed by atoms with Crippen LogP contribution in [-0.2, 0) is 6.42 Å². The predicted molar refractivity (Wildman–Crippen MR) is 73.0 cm³/mol. The third-order valence-electron chi connectivity index (χ3n) is 3.91. The van der Waals surface area contributed by atoms with Crippen LogP contribution in [0.25, 0.3) is 0 Å². The Bertz CT molecular complexity index is 359. The fourth-order valence-electron chi connectivity index (χ4n) is 2.50. The van der Waals surface area contributed by atoms with Gasteiger partial charge in [0, 0.05) is 10.9 Å². The summed E-state index contributed by atoms with van der Waals surface area (Å²) in [6.07, 6.45) is 7.00. The molecule has 3 heteroatoms. The molecule has 1 aromatic rings. The molecule has 1 nitrogen and oxygen atoms in total. The van der Waals surface area contributed by atoms with Gasteiger partial charge in [-0.3, -0.25) is 0 Å². The first-order valence-corrected chi connectivity index (χ1v) is 7.90. The van der Waals surface area contributed by atoms with Crippen molar-refractivity contribution in [2.75, 3.05) is 6.54 Å². The van der Waals surface area contributed by atoms with E-state index in [-0.39, 0.29) is 0 Å². The van der Waals surface area contributed by atoms with Gasteiger partial charge in [0.25, 0.3) is 0 Å². The number of thiophene rings is 1. The molecule has 3 rings (SSSR count). The number of nitrogens with one attached hydrogen (secondary N) is 1. The molecule has 0 aliphatic heterocycles. The summed E-state index contributed by atoms with van der Waals surface area (Å²) in [5.74, 6) is 1.89. The van der Waals surface area contributed by atoms with Crippen LogP contribution in [0.3, 0.4) is 0 Å². The van der Waals surface area contributed by atoms with Gasteiger partial charge in [-0.05, 0) is 78.5 Å². The summed E-state index contributed by atoms with van der Waals surface area (Å²) in [7, 11) is 0. The molecule has 0 saturated heterocycles. The quantitative estimate of drug-likeness (QED) is 0.871. The number of rotatable bonds is 5. The van der Waals surface area contributed by atoms with Crippen molar-refractivity contribution in [3.05, 3.63) is 20.8 Å². The lowest BCUT2D eigenvalue weighted by Crippen LogP contribution is -2.37. The second-order valence-corrected chi connectivity index (χ2v) is 7.74. The largest absolute Gasteiger partial charge is 0.314 e. The third kappa shape index (κ3) is 2.69. The summed E-state index contributed by atoms with van der Waals surface area (Å²) in [6.45, 7) is 1.27. The van der Waals surface area contributed by atoms with E-state index in [2.05, 4.69) is 33.4 Å². The Balaban J connectivity index is 1.47. The highest BCUT2D eigenvalue weighted by Gasteiger charge is 2.32. The maximum atomic E-state index is 3.67. The molecule has 0 aromatic carbocycles. The summed E-state index contributed by atoms with van der Waals surface area (Å²) in [4.78, 5) is 1.55. The van der Waals surface area contributed by atoms with Crippen molar-refractivity contribution in [3.8, 4) is 0 Å². The number of hydrogen-bond acceptors (Lipinski definition) is 2. The molecule has 0 radical (unpaired) electrons. The smallest absolute Gasteiger partial charge is 0.0701 e. The van der Waals surface area contributed by atoms with E-state index in [0.29, 0.717) is 0 Å². The Morgan fingerprint density at radius 1 is 1.19 bits per heavy atom. The molecule has 88 valence electrons. The van der Waals surface area contributed by atoms with Gasteiger partial charge in [-0.25, -0.2) is 0 Å². The zero-order valence-electron chi connectivity index (χ0n) is 9.42. The van der Waals surface area contributed by atoms with Crippen molar-refractivity contribution in [1.29, 1.82) is 0 Å². The topological polar surface area (TPSA) is 12.0 Å². The molecule has 2 unspecified atom stereocenters. The molecule has 0 spiro atoms. The zero-order chi connectivity index (χ0) is 11.0. The molecule has 1 N–H and O–H groups in total. The second kappa shape index (κ2) is 4.79. The third-order valence-corrected chi connectivity index (χ3v) is 5.56. The van der Waals surface area contributed by atoms with E-state index in [0.717, 1.165) is 17.9 Å². The normalized spacial score (nSPS) is 29.1. The Morgan fingerprint density at radius 3 is 2.56 bits per heavy atom. The van der Waals surface area contributed by atoms with Crippen LogP contribution in [0.15, 0.2) is 15.9 Å². The fraction of sp³-hybridized carbons (Fsp3) is 0.692. The minimum absolute atomic E-state index is 0.872. The van der Waals surface area contributed by atoms with E-state index < -0.39 is 0 Å². The van der Waals surface area contributed by atoms with Crippen molar-refractivity contribution in [2.45, 2.75) is 38.1 Å². The van der Waals surface area contributed by atoms with Gasteiger partial charge in [0.1, 0.15) is 0 Å². The Hall–Kier alpha value is 0.140. The molecule has 16 heavy (non-hydrogen) atoms. The second-order valence-electron chi connectivity index (χ2n) is 5.19. The van der Waals surface area contributed by atoms with Gasteiger partial charge in [-0.2, -0.15) is 0 Å². The molecule has 1 aromatic heterocycles. The van der Waals surface area contributed by atoms with Crippen molar-refractivity contribution < 1.29 is 0 Å². The predicted octanol–water partition coefficient (Wildman–Crippen LogP) is 3.83. The van der Waals surface area contributed by atoms with Crippen LogP contribution in [0.5, 0.6) is 0 Å². The summed E-state index contributed by atoms with van der Waals surface area (Å²) >= 11 is 5.44. The van der Waals surface area contributed by atoms with Gasteiger partial charge in [0.2, 0.25) is 0 Å². The molecule has 2 fully saturated rings. The van der Waals surface area contributed by atoms with Crippen LogP contribution >= 0.6 is 27.3 Å². The summed E-state index contributed by atoms with van der Waals surface area (Å²) < 4.78 is 1.27. The Labute approximate surface area is 110 Å². The van der Waals surface area contributed by atoms with Gasteiger partial charge in [-0.15, -0.1) is 11.3 Å². The first-order valence-electron chi connectivity index (χ1n) is 6.29. The SMILES string of the molecule is Brc1ccc(CC2CCC2CNC2CC2)s1. The average Bonchev–Trinajstić information content (AvgIpc) is 2.97. The van der Waals surface area contributed by atoms with Crippen molar-refractivity contribution in [2.24, 2.45) is 11.8 Å². The average molecular weight is 300 g/mol. The Kier molecular flexibility index (Phi) is 3.37. The summed E-state index contributed by atoms with van der Waals surface area (Å²) in [6, 6.07) is 5.33. The van der Waals surface area contributed by atoms with Gasteiger partial charge in [-0.1, -0.05) is 0 Å². The minimum atomic E-state index is 0.872. The lowest BCUT2D eigenvalue weighted by Gasteiger charge is -2.36. The van der Waals surface area contributed by atoms with Gasteiger partial charge in [0.05, 0.1) is 3.79 Å². The molecule has 2 aliphatic carbocycles. The van der Waals surface area contributed by atoms with Crippen LogP contribution in [0.4, 0.5) is 0 Å². The molecular formula is C13H18BrNS. The monoisotopic (exact) mass is 299 g/mol. The Morgan fingerprint density at radius 2 is 2.00 bits per heavy atom. The molecule has 2 atom stereocenters. The van der Waals surface area contributed by atoms with Gasteiger partial charge in [0.15, 0.2) is 0 Å². The first kappa shape index (κ1) is 11.2. The molecule has 2 saturated carbocycles. The van der Waals surface area contributed by atoms with Crippen LogP contribution in [0, 0.1) is 11.8 Å². The van der Waals surface area contributed by atoms with Crippen molar-refractivity contribution in [1.82, 2.24) is 5.32 Å². The zero-order valence-corrected chi connectivity index (χ0v) is 11.8. The minimum Gasteiger partial charge on any atom is -0.314 e. The molecular weight excluding hydrogens is 282 g/mol. The van der Waals surface area contributed by atoms with Crippen LogP contribution in [0.2, 0.25) is 0 Å². The molecule has 0 amide bonds. The lowest BCUT2D eigenvalue weighted by atomic mass is 9.71.